The number of aliphatic hydroxyl groups is 1. The summed E-state index contributed by atoms with van der Waals surface area (Å²) in [4.78, 5) is 0. The van der Waals surface area contributed by atoms with Gasteiger partial charge in [-0.2, -0.15) is 0 Å². The second-order valence-corrected chi connectivity index (χ2v) is 7.93. The molecule has 25 heavy (non-hydrogen) atoms. The molecule has 0 saturated carbocycles. The van der Waals surface area contributed by atoms with Crippen LogP contribution in [0.1, 0.15) is 38.8 Å². The first kappa shape index (κ1) is 18.7. The van der Waals surface area contributed by atoms with Crippen LogP contribution in [0.4, 0.5) is 0 Å². The van der Waals surface area contributed by atoms with Gasteiger partial charge in [-0.05, 0) is 51.3 Å². The average Bonchev–Trinajstić information content (AvgIpc) is 3.08. The van der Waals surface area contributed by atoms with Gasteiger partial charge in [0.05, 0.1) is 31.0 Å². The molecule has 2 aliphatic rings. The summed E-state index contributed by atoms with van der Waals surface area (Å²) in [7, 11) is -0.326. The Morgan fingerprint density at radius 3 is 2.60 bits per heavy atom. The summed E-state index contributed by atoms with van der Waals surface area (Å²) in [5.41, 5.74) is 1.77. The number of rotatable bonds is 7. The molecule has 1 fully saturated rings. The highest BCUT2D eigenvalue weighted by atomic mass is 16.7. The third-order valence-corrected chi connectivity index (χ3v) is 5.48. The van der Waals surface area contributed by atoms with E-state index in [4.69, 9.17) is 23.9 Å². The maximum atomic E-state index is 9.00. The van der Waals surface area contributed by atoms with Crippen LogP contribution in [0.5, 0.6) is 5.75 Å². The minimum atomic E-state index is -0.362. The molecule has 1 saturated heterocycles. The van der Waals surface area contributed by atoms with Crippen molar-refractivity contribution < 1.29 is 23.9 Å². The maximum absolute atomic E-state index is 9.00. The normalized spacial score (nSPS) is 21.9. The molecule has 1 unspecified atom stereocenters. The smallest absolute Gasteiger partial charge is 0.463 e. The van der Waals surface area contributed by atoms with E-state index in [-0.39, 0.29) is 30.7 Å². The topological polar surface area (TPSA) is 57.2 Å². The van der Waals surface area contributed by atoms with E-state index in [9.17, 15) is 0 Å². The highest BCUT2D eigenvalue weighted by Gasteiger charge is 2.53. The third kappa shape index (κ3) is 4.03. The van der Waals surface area contributed by atoms with Crippen LogP contribution in [0, 0.1) is 0 Å². The van der Waals surface area contributed by atoms with E-state index in [0.29, 0.717) is 13.2 Å². The largest absolute Gasteiger partial charge is 0.493 e. The van der Waals surface area contributed by atoms with Gasteiger partial charge in [0.15, 0.2) is 0 Å². The lowest BCUT2D eigenvalue weighted by Gasteiger charge is -2.32. The Labute approximate surface area is 150 Å². The van der Waals surface area contributed by atoms with Crippen molar-refractivity contribution in [2.75, 3.05) is 26.4 Å². The molecule has 3 rings (SSSR count). The first-order chi connectivity index (χ1) is 11.8. The summed E-state index contributed by atoms with van der Waals surface area (Å²) in [5, 5.41) is 9.00. The van der Waals surface area contributed by atoms with Crippen LogP contribution >= 0.6 is 0 Å². The van der Waals surface area contributed by atoms with Crippen LogP contribution in [-0.4, -0.2) is 49.9 Å². The number of ether oxygens (including phenoxy) is 2. The number of hydrogen-bond acceptors (Lipinski definition) is 5. The maximum Gasteiger partial charge on any atom is 0.463 e. The van der Waals surface area contributed by atoms with E-state index in [0.717, 1.165) is 25.2 Å². The van der Waals surface area contributed by atoms with Gasteiger partial charge in [0.2, 0.25) is 0 Å². The first-order valence-electron chi connectivity index (χ1n) is 9.11. The number of fused-ring (bicyclic) bond motifs is 1. The second-order valence-electron chi connectivity index (χ2n) is 7.93. The van der Waals surface area contributed by atoms with Crippen molar-refractivity contribution >= 4 is 7.12 Å². The molecule has 0 radical (unpaired) electrons. The van der Waals surface area contributed by atoms with Gasteiger partial charge in [-0.25, -0.2) is 0 Å². The van der Waals surface area contributed by atoms with Crippen molar-refractivity contribution in [3.63, 3.8) is 0 Å². The van der Waals surface area contributed by atoms with Crippen molar-refractivity contribution in [3.05, 3.63) is 29.3 Å². The van der Waals surface area contributed by atoms with Crippen LogP contribution in [0.15, 0.2) is 18.2 Å². The highest BCUT2D eigenvalue weighted by molar-refractivity contribution is 6.47. The number of hydrogen-bond donors (Lipinski definition) is 1. The van der Waals surface area contributed by atoms with Crippen LogP contribution in [0.3, 0.4) is 0 Å². The van der Waals surface area contributed by atoms with Gasteiger partial charge in [-0.1, -0.05) is 12.1 Å². The van der Waals surface area contributed by atoms with Crippen molar-refractivity contribution in [2.45, 2.75) is 57.6 Å². The summed E-state index contributed by atoms with van der Waals surface area (Å²) in [6.07, 6.45) is 1.76. The van der Waals surface area contributed by atoms with Crippen molar-refractivity contribution in [2.24, 2.45) is 0 Å². The summed E-state index contributed by atoms with van der Waals surface area (Å²) in [6.45, 7) is 9.85. The van der Waals surface area contributed by atoms with Crippen LogP contribution in [0.2, 0.25) is 5.82 Å². The van der Waals surface area contributed by atoms with Gasteiger partial charge < -0.3 is 23.9 Å². The molecule has 1 N–H and O–H groups in total. The zero-order valence-electron chi connectivity index (χ0n) is 15.7. The van der Waals surface area contributed by atoms with Crippen LogP contribution in [-0.2, 0) is 26.9 Å². The molecule has 1 aromatic rings. The standard InChI is InChI=1S/C19H29BO5/c1-18(2)19(3,4)25-20(24-18)16(13-22-10-8-21)12-14-5-6-17-15(11-14)7-9-23-17/h5-6,11,16,21H,7-10,12-13H2,1-4H3. The van der Waals surface area contributed by atoms with Gasteiger partial charge in [-0.3, -0.25) is 0 Å². The Balaban J connectivity index is 1.73. The Morgan fingerprint density at radius 2 is 1.92 bits per heavy atom. The molecule has 138 valence electrons. The van der Waals surface area contributed by atoms with E-state index in [2.05, 4.69) is 39.8 Å². The number of benzene rings is 1. The first-order valence-corrected chi connectivity index (χ1v) is 9.11. The lowest BCUT2D eigenvalue weighted by molar-refractivity contribution is 0.00578. The van der Waals surface area contributed by atoms with Crippen LogP contribution in [0.25, 0.3) is 0 Å². The molecule has 1 atom stereocenters. The molecule has 0 spiro atoms. The van der Waals surface area contributed by atoms with Gasteiger partial charge >= 0.3 is 7.12 Å². The molecular weight excluding hydrogens is 319 g/mol. The zero-order valence-corrected chi connectivity index (χ0v) is 15.7. The Kier molecular flexibility index (Phi) is 5.44. The molecule has 6 heteroatoms. The lowest BCUT2D eigenvalue weighted by Crippen LogP contribution is -2.41. The Hall–Kier alpha value is -1.08. The molecule has 2 heterocycles. The van der Waals surface area contributed by atoms with E-state index in [1.165, 1.54) is 11.1 Å². The highest BCUT2D eigenvalue weighted by Crippen LogP contribution is 2.41. The van der Waals surface area contributed by atoms with Crippen molar-refractivity contribution in [1.82, 2.24) is 0 Å². The average molecular weight is 348 g/mol. The Bertz CT molecular complexity index is 585. The summed E-state index contributed by atoms with van der Waals surface area (Å²) >= 11 is 0. The fourth-order valence-corrected chi connectivity index (χ4v) is 3.28. The Morgan fingerprint density at radius 1 is 1.20 bits per heavy atom. The molecule has 2 aliphatic heterocycles. The molecule has 0 aliphatic carbocycles. The molecule has 0 bridgehead atoms. The predicted octanol–water partition coefficient (Wildman–Crippen LogP) is 2.64. The zero-order chi connectivity index (χ0) is 18.1. The molecule has 5 nitrogen and oxygen atoms in total. The summed E-state index contributed by atoms with van der Waals surface area (Å²) < 4.78 is 23.7. The van der Waals surface area contributed by atoms with Crippen molar-refractivity contribution in [3.8, 4) is 5.75 Å². The minimum Gasteiger partial charge on any atom is -0.493 e. The second kappa shape index (κ2) is 7.27. The molecule has 1 aromatic carbocycles. The lowest BCUT2D eigenvalue weighted by atomic mass is 9.69. The van der Waals surface area contributed by atoms with Gasteiger partial charge in [0.25, 0.3) is 0 Å². The van der Waals surface area contributed by atoms with Gasteiger partial charge in [0.1, 0.15) is 5.75 Å². The fourth-order valence-electron chi connectivity index (χ4n) is 3.28. The van der Waals surface area contributed by atoms with Crippen LogP contribution < -0.4 is 4.74 Å². The third-order valence-electron chi connectivity index (χ3n) is 5.48. The summed E-state index contributed by atoms with van der Waals surface area (Å²) in [5.74, 6) is 1.06. The monoisotopic (exact) mass is 348 g/mol. The predicted molar refractivity (Wildman–Crippen MR) is 97.1 cm³/mol. The van der Waals surface area contributed by atoms with Gasteiger partial charge in [0, 0.05) is 18.8 Å². The molecule has 0 aromatic heterocycles. The van der Waals surface area contributed by atoms with E-state index >= 15 is 0 Å². The number of aliphatic hydroxyl groups excluding tert-OH is 1. The fraction of sp³-hybridized carbons (Fsp3) is 0.684. The molecular formula is C19H29BO5. The molecule has 0 amide bonds. The SMILES string of the molecule is CC1(C)OB(C(COCCO)Cc2ccc3c(c2)CCO3)OC1(C)C. The summed E-state index contributed by atoms with van der Waals surface area (Å²) in [6, 6.07) is 6.37. The quantitative estimate of drug-likeness (QED) is 0.606. The van der Waals surface area contributed by atoms with Gasteiger partial charge in [-0.15, -0.1) is 0 Å². The van der Waals surface area contributed by atoms with E-state index < -0.39 is 0 Å². The van der Waals surface area contributed by atoms with E-state index in [1.54, 1.807) is 0 Å². The van der Waals surface area contributed by atoms with E-state index in [1.807, 2.05) is 6.07 Å². The van der Waals surface area contributed by atoms with Crippen molar-refractivity contribution in [1.29, 1.82) is 0 Å². The minimum absolute atomic E-state index is 0.0201.